The molecule has 0 saturated heterocycles. The molecular formula is C13H11N5OS. The van der Waals surface area contributed by atoms with Gasteiger partial charge in [-0.1, -0.05) is 6.07 Å². The van der Waals surface area contributed by atoms with Crippen LogP contribution in [0, 0.1) is 13.8 Å². The van der Waals surface area contributed by atoms with Crippen LogP contribution in [0.15, 0.2) is 24.5 Å². The summed E-state index contributed by atoms with van der Waals surface area (Å²) in [6.45, 7) is 3.67. The lowest BCUT2D eigenvalue weighted by Crippen LogP contribution is -2.16. The average Bonchev–Trinajstić information content (AvgIpc) is 2.91. The fraction of sp³-hybridized carbons (Fsp3) is 0.154. The van der Waals surface area contributed by atoms with Crippen molar-refractivity contribution in [2.75, 3.05) is 5.32 Å². The zero-order chi connectivity index (χ0) is 14.1. The van der Waals surface area contributed by atoms with Crippen LogP contribution in [0.4, 0.5) is 5.69 Å². The largest absolute Gasteiger partial charge is 0.319 e. The van der Waals surface area contributed by atoms with Gasteiger partial charge >= 0.3 is 0 Å². The van der Waals surface area contributed by atoms with Crippen molar-refractivity contribution in [3.63, 3.8) is 0 Å². The van der Waals surface area contributed by atoms with E-state index < -0.39 is 0 Å². The monoisotopic (exact) mass is 285 g/mol. The second-order valence-electron chi connectivity index (χ2n) is 4.32. The first-order valence-corrected chi connectivity index (χ1v) is 6.70. The fourth-order valence-corrected chi connectivity index (χ4v) is 2.41. The molecule has 0 bridgehead atoms. The van der Waals surface area contributed by atoms with Crippen molar-refractivity contribution < 1.29 is 4.79 Å². The van der Waals surface area contributed by atoms with E-state index in [1.54, 1.807) is 6.07 Å². The van der Waals surface area contributed by atoms with Crippen LogP contribution in [0.25, 0.3) is 11.0 Å². The molecule has 2 heterocycles. The minimum Gasteiger partial charge on any atom is -0.319 e. The van der Waals surface area contributed by atoms with Gasteiger partial charge in [-0.3, -0.25) is 4.79 Å². The Morgan fingerprint density at radius 3 is 2.90 bits per heavy atom. The van der Waals surface area contributed by atoms with Crippen LogP contribution in [0.3, 0.4) is 0 Å². The first-order chi connectivity index (χ1) is 9.66. The summed E-state index contributed by atoms with van der Waals surface area (Å²) in [5.74, 6) is -0.270. The number of hydrogen-bond acceptors (Lipinski definition) is 6. The SMILES string of the molecule is Cc1ncnc(C(=O)Nc2cccc3nsnc23)c1C. The first kappa shape index (κ1) is 12.6. The fourth-order valence-electron chi connectivity index (χ4n) is 1.86. The normalized spacial score (nSPS) is 10.7. The Hall–Kier alpha value is -2.41. The maximum atomic E-state index is 12.3. The number of benzene rings is 1. The van der Waals surface area contributed by atoms with Crippen molar-refractivity contribution in [2.24, 2.45) is 0 Å². The van der Waals surface area contributed by atoms with Crippen molar-refractivity contribution in [1.82, 2.24) is 18.7 Å². The van der Waals surface area contributed by atoms with Gasteiger partial charge in [0.15, 0.2) is 0 Å². The lowest BCUT2D eigenvalue weighted by Gasteiger charge is -2.08. The summed E-state index contributed by atoms with van der Waals surface area (Å²) in [7, 11) is 0. The molecule has 7 heteroatoms. The maximum Gasteiger partial charge on any atom is 0.274 e. The van der Waals surface area contributed by atoms with Crippen molar-refractivity contribution in [1.29, 1.82) is 0 Å². The van der Waals surface area contributed by atoms with Gasteiger partial charge in [0.2, 0.25) is 0 Å². The third-order valence-corrected chi connectivity index (χ3v) is 3.63. The highest BCUT2D eigenvalue weighted by molar-refractivity contribution is 7.00. The summed E-state index contributed by atoms with van der Waals surface area (Å²) < 4.78 is 8.33. The summed E-state index contributed by atoms with van der Waals surface area (Å²) in [6, 6.07) is 5.48. The molecule has 0 aliphatic heterocycles. The van der Waals surface area contributed by atoms with Crippen LogP contribution in [0.5, 0.6) is 0 Å². The Bertz CT molecular complexity index is 798. The highest BCUT2D eigenvalue weighted by Gasteiger charge is 2.15. The van der Waals surface area contributed by atoms with Gasteiger partial charge in [-0.2, -0.15) is 8.75 Å². The first-order valence-electron chi connectivity index (χ1n) is 5.97. The van der Waals surface area contributed by atoms with Crippen LogP contribution in [-0.2, 0) is 0 Å². The number of aryl methyl sites for hydroxylation is 1. The highest BCUT2D eigenvalue weighted by Crippen LogP contribution is 2.22. The molecule has 0 aliphatic rings. The molecule has 20 heavy (non-hydrogen) atoms. The van der Waals surface area contributed by atoms with E-state index in [2.05, 4.69) is 24.0 Å². The van der Waals surface area contributed by atoms with Crippen LogP contribution in [0.1, 0.15) is 21.7 Å². The molecule has 0 atom stereocenters. The Balaban J connectivity index is 1.97. The number of rotatable bonds is 2. The molecular weight excluding hydrogens is 274 g/mol. The number of hydrogen-bond donors (Lipinski definition) is 1. The zero-order valence-electron chi connectivity index (χ0n) is 10.9. The van der Waals surface area contributed by atoms with Crippen molar-refractivity contribution in [3.8, 4) is 0 Å². The van der Waals surface area contributed by atoms with Gasteiger partial charge in [0.25, 0.3) is 5.91 Å². The lowest BCUT2D eigenvalue weighted by molar-refractivity contribution is 0.102. The Labute approximate surface area is 119 Å². The molecule has 3 aromatic rings. The number of anilines is 1. The third-order valence-electron chi connectivity index (χ3n) is 3.09. The minimum atomic E-state index is -0.270. The Morgan fingerprint density at radius 1 is 1.20 bits per heavy atom. The van der Waals surface area contributed by atoms with Crippen LogP contribution in [0.2, 0.25) is 0 Å². The Morgan fingerprint density at radius 2 is 2.05 bits per heavy atom. The molecule has 100 valence electrons. The number of nitrogens with zero attached hydrogens (tertiary/aromatic N) is 4. The number of carbonyl (C=O) groups is 1. The second kappa shape index (κ2) is 4.93. The maximum absolute atomic E-state index is 12.3. The quantitative estimate of drug-likeness (QED) is 0.781. The van der Waals surface area contributed by atoms with Gasteiger partial charge in [0.1, 0.15) is 23.1 Å². The summed E-state index contributed by atoms with van der Waals surface area (Å²) in [5, 5.41) is 2.83. The van der Waals surface area contributed by atoms with Crippen LogP contribution >= 0.6 is 11.7 Å². The van der Waals surface area contributed by atoms with Crippen molar-refractivity contribution in [3.05, 3.63) is 41.5 Å². The van der Waals surface area contributed by atoms with Gasteiger partial charge < -0.3 is 5.32 Å². The van der Waals surface area contributed by atoms with Gasteiger partial charge in [-0.15, -0.1) is 0 Å². The number of aromatic nitrogens is 4. The standard InChI is InChI=1S/C13H11N5OS/c1-7-8(2)14-6-15-11(7)13(19)16-9-4-3-5-10-12(9)18-20-17-10/h3-6H,1-2H3,(H,16,19). The van der Waals surface area contributed by atoms with E-state index >= 15 is 0 Å². The molecule has 1 amide bonds. The van der Waals surface area contributed by atoms with E-state index in [0.717, 1.165) is 28.5 Å². The molecule has 1 aromatic carbocycles. The molecule has 3 rings (SSSR count). The number of amides is 1. The Kier molecular flexibility index (Phi) is 3.11. The zero-order valence-corrected chi connectivity index (χ0v) is 11.7. The summed E-state index contributed by atoms with van der Waals surface area (Å²) >= 11 is 1.12. The summed E-state index contributed by atoms with van der Waals surface area (Å²) in [5.41, 5.74) is 4.03. The highest BCUT2D eigenvalue weighted by atomic mass is 32.1. The van der Waals surface area contributed by atoms with E-state index in [1.165, 1.54) is 6.33 Å². The van der Waals surface area contributed by atoms with E-state index in [1.807, 2.05) is 26.0 Å². The predicted molar refractivity (Wildman–Crippen MR) is 76.9 cm³/mol. The van der Waals surface area contributed by atoms with E-state index in [9.17, 15) is 4.79 Å². The average molecular weight is 285 g/mol. The summed E-state index contributed by atoms with van der Waals surface area (Å²) in [4.78, 5) is 20.4. The molecule has 2 aromatic heterocycles. The van der Waals surface area contributed by atoms with E-state index in [4.69, 9.17) is 0 Å². The van der Waals surface area contributed by atoms with Crippen LogP contribution < -0.4 is 5.32 Å². The molecule has 0 aliphatic carbocycles. The van der Waals surface area contributed by atoms with E-state index in [-0.39, 0.29) is 5.91 Å². The van der Waals surface area contributed by atoms with Gasteiger partial charge in [-0.25, -0.2) is 9.97 Å². The van der Waals surface area contributed by atoms with Gasteiger partial charge in [-0.05, 0) is 26.0 Å². The molecule has 0 radical (unpaired) electrons. The molecule has 1 N–H and O–H groups in total. The van der Waals surface area contributed by atoms with Gasteiger partial charge in [0, 0.05) is 11.3 Å². The molecule has 0 spiro atoms. The van der Waals surface area contributed by atoms with Crippen molar-refractivity contribution >= 4 is 34.4 Å². The number of nitrogens with one attached hydrogen (secondary N) is 1. The molecule has 6 nitrogen and oxygen atoms in total. The smallest absolute Gasteiger partial charge is 0.274 e. The lowest BCUT2D eigenvalue weighted by atomic mass is 10.1. The van der Waals surface area contributed by atoms with Crippen molar-refractivity contribution in [2.45, 2.75) is 13.8 Å². The number of fused-ring (bicyclic) bond motifs is 1. The third kappa shape index (κ3) is 2.12. The predicted octanol–water partition coefficient (Wildman–Crippen LogP) is 2.35. The minimum absolute atomic E-state index is 0.270. The second-order valence-corrected chi connectivity index (χ2v) is 4.85. The van der Waals surface area contributed by atoms with Crippen LogP contribution in [-0.4, -0.2) is 24.6 Å². The number of carbonyl (C=O) groups excluding carboxylic acids is 1. The van der Waals surface area contributed by atoms with E-state index in [0.29, 0.717) is 16.9 Å². The molecule has 0 saturated carbocycles. The topological polar surface area (TPSA) is 80.7 Å². The molecule has 0 unspecified atom stereocenters. The van der Waals surface area contributed by atoms with Gasteiger partial charge in [0.05, 0.1) is 17.4 Å². The molecule has 0 fully saturated rings. The summed E-state index contributed by atoms with van der Waals surface area (Å²) in [6.07, 6.45) is 1.39.